The van der Waals surface area contributed by atoms with Crippen LogP contribution in [0.1, 0.15) is 26.2 Å². The van der Waals surface area contributed by atoms with E-state index in [1.54, 1.807) is 0 Å². The standard InChI is InChI=1S/C9H17NO2/c1-2-8(10)5-9(11)7-3-4-12-6-7/h7-8H,2-6,10H2,1H3. The highest BCUT2D eigenvalue weighted by atomic mass is 16.5. The molecule has 0 aromatic heterocycles. The van der Waals surface area contributed by atoms with Gasteiger partial charge in [0, 0.05) is 25.0 Å². The van der Waals surface area contributed by atoms with Crippen molar-refractivity contribution in [2.24, 2.45) is 11.7 Å². The molecule has 0 aliphatic carbocycles. The molecule has 2 unspecified atom stereocenters. The summed E-state index contributed by atoms with van der Waals surface area (Å²) in [7, 11) is 0. The van der Waals surface area contributed by atoms with Gasteiger partial charge in [0.25, 0.3) is 0 Å². The summed E-state index contributed by atoms with van der Waals surface area (Å²) < 4.78 is 5.13. The molecule has 0 spiro atoms. The Labute approximate surface area is 73.3 Å². The molecule has 1 aliphatic rings. The van der Waals surface area contributed by atoms with Gasteiger partial charge in [-0.25, -0.2) is 0 Å². The van der Waals surface area contributed by atoms with Crippen molar-refractivity contribution >= 4 is 5.78 Å². The van der Waals surface area contributed by atoms with Crippen LogP contribution in [0.4, 0.5) is 0 Å². The molecule has 12 heavy (non-hydrogen) atoms. The molecule has 0 radical (unpaired) electrons. The summed E-state index contributed by atoms with van der Waals surface area (Å²) in [6.07, 6.45) is 2.28. The van der Waals surface area contributed by atoms with Gasteiger partial charge in [-0.1, -0.05) is 6.92 Å². The first-order chi connectivity index (χ1) is 5.74. The van der Waals surface area contributed by atoms with Crippen molar-refractivity contribution in [2.75, 3.05) is 13.2 Å². The molecule has 70 valence electrons. The van der Waals surface area contributed by atoms with Crippen molar-refractivity contribution < 1.29 is 9.53 Å². The number of hydrogen-bond donors (Lipinski definition) is 1. The third-order valence-corrected chi connectivity index (χ3v) is 2.37. The lowest BCUT2D eigenvalue weighted by atomic mass is 9.97. The Morgan fingerprint density at radius 1 is 1.75 bits per heavy atom. The van der Waals surface area contributed by atoms with Crippen molar-refractivity contribution in [3.63, 3.8) is 0 Å². The molecular weight excluding hydrogens is 154 g/mol. The second-order valence-electron chi connectivity index (χ2n) is 3.40. The molecule has 1 aliphatic heterocycles. The minimum absolute atomic E-state index is 0.0399. The molecule has 3 heteroatoms. The molecule has 2 N–H and O–H groups in total. The van der Waals surface area contributed by atoms with Crippen molar-refractivity contribution in [3.8, 4) is 0 Å². The lowest BCUT2D eigenvalue weighted by Crippen LogP contribution is -2.26. The topological polar surface area (TPSA) is 52.3 Å². The quantitative estimate of drug-likeness (QED) is 0.678. The van der Waals surface area contributed by atoms with Crippen LogP contribution in [-0.2, 0) is 9.53 Å². The second kappa shape index (κ2) is 4.58. The molecule has 1 rings (SSSR count). The van der Waals surface area contributed by atoms with Crippen LogP contribution < -0.4 is 5.73 Å². The Balaban J connectivity index is 2.27. The van der Waals surface area contributed by atoms with Crippen LogP contribution in [0.3, 0.4) is 0 Å². The molecule has 0 amide bonds. The highest BCUT2D eigenvalue weighted by molar-refractivity contribution is 5.81. The molecule has 1 saturated heterocycles. The van der Waals surface area contributed by atoms with Crippen molar-refractivity contribution in [2.45, 2.75) is 32.2 Å². The van der Waals surface area contributed by atoms with Crippen LogP contribution in [0.2, 0.25) is 0 Å². The van der Waals surface area contributed by atoms with E-state index in [0.29, 0.717) is 13.0 Å². The molecule has 1 heterocycles. The monoisotopic (exact) mass is 171 g/mol. The summed E-state index contributed by atoms with van der Waals surface area (Å²) in [6.45, 7) is 3.34. The summed E-state index contributed by atoms with van der Waals surface area (Å²) >= 11 is 0. The lowest BCUT2D eigenvalue weighted by molar-refractivity contribution is -0.123. The number of ketones is 1. The minimum Gasteiger partial charge on any atom is -0.381 e. The van der Waals surface area contributed by atoms with Gasteiger partial charge >= 0.3 is 0 Å². The third kappa shape index (κ3) is 2.57. The second-order valence-corrected chi connectivity index (χ2v) is 3.40. The summed E-state index contributed by atoms with van der Waals surface area (Å²) in [5, 5.41) is 0. The predicted molar refractivity (Wildman–Crippen MR) is 46.8 cm³/mol. The fourth-order valence-corrected chi connectivity index (χ4v) is 1.36. The van der Waals surface area contributed by atoms with E-state index in [9.17, 15) is 4.79 Å². The highest BCUT2D eigenvalue weighted by Gasteiger charge is 2.24. The van der Waals surface area contributed by atoms with E-state index in [0.717, 1.165) is 19.4 Å². The number of rotatable bonds is 4. The van der Waals surface area contributed by atoms with E-state index in [2.05, 4.69) is 0 Å². The predicted octanol–water partition coefficient (Wildman–Crippen LogP) is 0.719. The van der Waals surface area contributed by atoms with Crippen molar-refractivity contribution in [1.82, 2.24) is 0 Å². The molecule has 0 aromatic rings. The Kier molecular flexibility index (Phi) is 3.69. The minimum atomic E-state index is 0.0399. The smallest absolute Gasteiger partial charge is 0.139 e. The molecular formula is C9H17NO2. The van der Waals surface area contributed by atoms with Crippen LogP contribution >= 0.6 is 0 Å². The average Bonchev–Trinajstić information content (AvgIpc) is 2.56. The summed E-state index contributed by atoms with van der Waals surface area (Å²) in [5.74, 6) is 0.407. The maximum atomic E-state index is 11.5. The molecule has 0 bridgehead atoms. The zero-order chi connectivity index (χ0) is 8.97. The van der Waals surface area contributed by atoms with Gasteiger partial charge in [-0.2, -0.15) is 0 Å². The van der Waals surface area contributed by atoms with E-state index in [4.69, 9.17) is 10.5 Å². The molecule has 1 fully saturated rings. The summed E-state index contributed by atoms with van der Waals surface area (Å²) in [4.78, 5) is 11.5. The van der Waals surface area contributed by atoms with Crippen molar-refractivity contribution in [1.29, 1.82) is 0 Å². The SMILES string of the molecule is CCC(N)CC(=O)C1CCOC1. The first-order valence-electron chi connectivity index (χ1n) is 4.60. The third-order valence-electron chi connectivity index (χ3n) is 2.37. The van der Waals surface area contributed by atoms with Gasteiger partial charge in [-0.05, 0) is 12.8 Å². The van der Waals surface area contributed by atoms with E-state index in [-0.39, 0.29) is 17.7 Å². The summed E-state index contributed by atoms with van der Waals surface area (Å²) in [6, 6.07) is 0.0399. The molecule has 0 saturated carbocycles. The molecule has 3 nitrogen and oxygen atoms in total. The molecule has 2 atom stereocenters. The number of nitrogens with two attached hydrogens (primary N) is 1. The van der Waals surface area contributed by atoms with Gasteiger partial charge < -0.3 is 10.5 Å². The lowest BCUT2D eigenvalue weighted by Gasteiger charge is -2.10. The number of Topliss-reactive ketones (excluding diaryl/α,β-unsaturated/α-hetero) is 1. The zero-order valence-corrected chi connectivity index (χ0v) is 7.58. The largest absolute Gasteiger partial charge is 0.381 e. The maximum absolute atomic E-state index is 11.5. The number of carbonyl (C=O) groups is 1. The van der Waals surface area contributed by atoms with E-state index >= 15 is 0 Å². The fourth-order valence-electron chi connectivity index (χ4n) is 1.36. The van der Waals surface area contributed by atoms with Crippen LogP contribution in [0.25, 0.3) is 0 Å². The van der Waals surface area contributed by atoms with Crippen molar-refractivity contribution in [3.05, 3.63) is 0 Å². The van der Waals surface area contributed by atoms with E-state index in [1.807, 2.05) is 6.92 Å². The first-order valence-corrected chi connectivity index (χ1v) is 4.60. The van der Waals surface area contributed by atoms with E-state index < -0.39 is 0 Å². The van der Waals surface area contributed by atoms with Gasteiger partial charge in [-0.3, -0.25) is 4.79 Å². The zero-order valence-electron chi connectivity index (χ0n) is 7.58. The first kappa shape index (κ1) is 9.68. The van der Waals surface area contributed by atoms with Gasteiger partial charge in [0.1, 0.15) is 5.78 Å². The number of ether oxygens (including phenoxy) is 1. The van der Waals surface area contributed by atoms with Gasteiger partial charge in [0.2, 0.25) is 0 Å². The Morgan fingerprint density at radius 3 is 3.00 bits per heavy atom. The average molecular weight is 171 g/mol. The highest BCUT2D eigenvalue weighted by Crippen LogP contribution is 2.15. The molecule has 0 aromatic carbocycles. The van der Waals surface area contributed by atoms with Crippen LogP contribution in [0.15, 0.2) is 0 Å². The fraction of sp³-hybridized carbons (Fsp3) is 0.889. The van der Waals surface area contributed by atoms with Crippen LogP contribution in [0.5, 0.6) is 0 Å². The van der Waals surface area contributed by atoms with Gasteiger partial charge in [-0.15, -0.1) is 0 Å². The number of hydrogen-bond acceptors (Lipinski definition) is 3. The number of carbonyl (C=O) groups excluding carboxylic acids is 1. The van der Waals surface area contributed by atoms with Crippen LogP contribution in [-0.4, -0.2) is 25.0 Å². The van der Waals surface area contributed by atoms with Gasteiger partial charge in [0.15, 0.2) is 0 Å². The van der Waals surface area contributed by atoms with E-state index in [1.165, 1.54) is 0 Å². The Bertz CT molecular complexity index is 153. The maximum Gasteiger partial charge on any atom is 0.139 e. The normalized spacial score (nSPS) is 25.7. The van der Waals surface area contributed by atoms with Gasteiger partial charge in [0.05, 0.1) is 6.61 Å². The summed E-state index contributed by atoms with van der Waals surface area (Å²) in [5.41, 5.74) is 5.68. The Hall–Kier alpha value is -0.410. The van der Waals surface area contributed by atoms with Crippen LogP contribution in [0, 0.1) is 5.92 Å². The Morgan fingerprint density at radius 2 is 2.50 bits per heavy atom.